The van der Waals surface area contributed by atoms with E-state index in [0.29, 0.717) is 6.42 Å². The molecule has 1 aromatic carbocycles. The third kappa shape index (κ3) is 6.18. The van der Waals surface area contributed by atoms with E-state index in [2.05, 4.69) is 22.0 Å². The number of rotatable bonds is 8. The van der Waals surface area contributed by atoms with Crippen molar-refractivity contribution in [1.29, 1.82) is 0 Å². The highest BCUT2D eigenvalue weighted by Crippen LogP contribution is 2.16. The van der Waals surface area contributed by atoms with Crippen molar-refractivity contribution in [2.24, 2.45) is 0 Å². The molecule has 0 saturated carbocycles. The Kier molecular flexibility index (Phi) is 7.33. The lowest BCUT2D eigenvalue weighted by Gasteiger charge is -2.36. The third-order valence-corrected chi connectivity index (χ3v) is 4.32. The predicted molar refractivity (Wildman–Crippen MR) is 92.2 cm³/mol. The SMILES string of the molecule is CCCCCNC(=O)CCN1CCN(c2ccc(F)cc2)CC1. The van der Waals surface area contributed by atoms with Gasteiger partial charge in [-0.3, -0.25) is 9.69 Å². The lowest BCUT2D eigenvalue weighted by molar-refractivity contribution is -0.121. The van der Waals surface area contributed by atoms with Gasteiger partial charge in [-0.25, -0.2) is 4.39 Å². The van der Waals surface area contributed by atoms with Gasteiger partial charge in [0.25, 0.3) is 0 Å². The summed E-state index contributed by atoms with van der Waals surface area (Å²) in [6, 6.07) is 6.67. The summed E-state index contributed by atoms with van der Waals surface area (Å²) in [6.07, 6.45) is 3.99. The van der Waals surface area contributed by atoms with Gasteiger partial charge in [0.1, 0.15) is 5.82 Å². The topological polar surface area (TPSA) is 35.6 Å². The number of nitrogens with one attached hydrogen (secondary N) is 1. The molecule has 128 valence electrons. The Morgan fingerprint density at radius 1 is 1.13 bits per heavy atom. The first kappa shape index (κ1) is 17.7. The molecule has 1 N–H and O–H groups in total. The summed E-state index contributed by atoms with van der Waals surface area (Å²) < 4.78 is 13.0. The van der Waals surface area contributed by atoms with Crippen LogP contribution in [-0.2, 0) is 4.79 Å². The summed E-state index contributed by atoms with van der Waals surface area (Å²) in [7, 11) is 0. The number of nitrogens with zero attached hydrogens (tertiary/aromatic N) is 2. The van der Waals surface area contributed by atoms with Gasteiger partial charge < -0.3 is 10.2 Å². The average Bonchev–Trinajstić information content (AvgIpc) is 2.58. The molecule has 0 aliphatic carbocycles. The summed E-state index contributed by atoms with van der Waals surface area (Å²) in [4.78, 5) is 16.4. The van der Waals surface area contributed by atoms with Crippen LogP contribution in [0.3, 0.4) is 0 Å². The van der Waals surface area contributed by atoms with Crippen LogP contribution in [0.4, 0.5) is 10.1 Å². The fourth-order valence-corrected chi connectivity index (χ4v) is 2.83. The molecule has 4 nitrogen and oxygen atoms in total. The van der Waals surface area contributed by atoms with E-state index in [1.807, 2.05) is 12.1 Å². The van der Waals surface area contributed by atoms with Crippen molar-refractivity contribution in [3.63, 3.8) is 0 Å². The smallest absolute Gasteiger partial charge is 0.221 e. The minimum Gasteiger partial charge on any atom is -0.369 e. The molecule has 0 bridgehead atoms. The van der Waals surface area contributed by atoms with Crippen LogP contribution in [0.2, 0.25) is 0 Å². The van der Waals surface area contributed by atoms with E-state index in [1.54, 1.807) is 0 Å². The van der Waals surface area contributed by atoms with Crippen molar-refractivity contribution in [3.05, 3.63) is 30.1 Å². The van der Waals surface area contributed by atoms with Crippen molar-refractivity contribution >= 4 is 11.6 Å². The highest BCUT2D eigenvalue weighted by Gasteiger charge is 2.17. The first-order valence-corrected chi connectivity index (χ1v) is 8.68. The van der Waals surface area contributed by atoms with Gasteiger partial charge in [-0.05, 0) is 30.7 Å². The largest absolute Gasteiger partial charge is 0.369 e. The number of carbonyl (C=O) groups excluding carboxylic acids is 1. The standard InChI is InChI=1S/C18H28FN3O/c1-2-3-4-10-20-18(23)9-11-21-12-14-22(15-13-21)17-7-5-16(19)6-8-17/h5-8H,2-4,9-15H2,1H3,(H,20,23). The maximum Gasteiger partial charge on any atom is 0.221 e. The molecule has 1 aromatic rings. The number of halogens is 1. The Hall–Kier alpha value is -1.62. The molecule has 1 fully saturated rings. The minimum absolute atomic E-state index is 0.155. The monoisotopic (exact) mass is 321 g/mol. The van der Waals surface area contributed by atoms with Crippen LogP contribution in [0.1, 0.15) is 32.6 Å². The number of amides is 1. The zero-order valence-corrected chi connectivity index (χ0v) is 14.1. The van der Waals surface area contributed by atoms with Crippen LogP contribution in [0.15, 0.2) is 24.3 Å². The Labute approximate surface area is 138 Å². The van der Waals surface area contributed by atoms with Crippen LogP contribution in [0, 0.1) is 5.82 Å². The summed E-state index contributed by atoms with van der Waals surface area (Å²) in [5, 5.41) is 2.99. The predicted octanol–water partition coefficient (Wildman–Crippen LogP) is 2.64. The summed E-state index contributed by atoms with van der Waals surface area (Å²) >= 11 is 0. The molecule has 0 atom stereocenters. The maximum absolute atomic E-state index is 13.0. The van der Waals surface area contributed by atoms with Gasteiger partial charge in [-0.15, -0.1) is 0 Å². The summed E-state index contributed by atoms with van der Waals surface area (Å²) in [5.74, 6) is -0.0422. The van der Waals surface area contributed by atoms with Crippen molar-refractivity contribution in [3.8, 4) is 0 Å². The lowest BCUT2D eigenvalue weighted by atomic mass is 10.2. The van der Waals surface area contributed by atoms with Gasteiger partial charge in [-0.2, -0.15) is 0 Å². The normalized spacial score (nSPS) is 15.7. The van der Waals surface area contributed by atoms with Crippen LogP contribution in [-0.4, -0.2) is 50.1 Å². The Morgan fingerprint density at radius 3 is 2.48 bits per heavy atom. The minimum atomic E-state index is -0.197. The van der Waals surface area contributed by atoms with Gasteiger partial charge in [0.2, 0.25) is 5.91 Å². The molecule has 5 heteroatoms. The molecule has 0 unspecified atom stereocenters. The first-order valence-electron chi connectivity index (χ1n) is 8.68. The fraction of sp³-hybridized carbons (Fsp3) is 0.611. The second-order valence-corrected chi connectivity index (χ2v) is 6.11. The van der Waals surface area contributed by atoms with Gasteiger partial charge in [-0.1, -0.05) is 19.8 Å². The van der Waals surface area contributed by atoms with Crippen LogP contribution < -0.4 is 10.2 Å². The van der Waals surface area contributed by atoms with E-state index in [4.69, 9.17) is 0 Å². The van der Waals surface area contributed by atoms with Crippen molar-refractivity contribution in [2.75, 3.05) is 44.2 Å². The summed E-state index contributed by atoms with van der Waals surface area (Å²) in [6.45, 7) is 7.50. The van der Waals surface area contributed by atoms with Crippen LogP contribution in [0.5, 0.6) is 0 Å². The van der Waals surface area contributed by atoms with E-state index in [1.165, 1.54) is 25.0 Å². The first-order chi connectivity index (χ1) is 11.2. The quantitative estimate of drug-likeness (QED) is 0.748. The highest BCUT2D eigenvalue weighted by molar-refractivity contribution is 5.76. The van der Waals surface area contributed by atoms with Crippen molar-refractivity contribution in [2.45, 2.75) is 32.6 Å². The van der Waals surface area contributed by atoms with E-state index in [-0.39, 0.29) is 11.7 Å². The molecule has 1 heterocycles. The molecular formula is C18H28FN3O. The highest BCUT2D eigenvalue weighted by atomic mass is 19.1. The molecule has 0 spiro atoms. The molecule has 1 amide bonds. The van der Waals surface area contributed by atoms with Gasteiger partial charge in [0, 0.05) is 51.4 Å². The number of unbranched alkanes of at least 4 members (excludes halogenated alkanes) is 2. The Morgan fingerprint density at radius 2 is 1.83 bits per heavy atom. The Bertz CT molecular complexity index is 470. The second kappa shape index (κ2) is 9.50. The molecule has 0 aromatic heterocycles. The Balaban J connectivity index is 1.63. The van der Waals surface area contributed by atoms with E-state index in [9.17, 15) is 9.18 Å². The van der Waals surface area contributed by atoms with Gasteiger partial charge in [0.15, 0.2) is 0 Å². The summed E-state index contributed by atoms with van der Waals surface area (Å²) in [5.41, 5.74) is 1.07. The fourth-order valence-electron chi connectivity index (χ4n) is 2.83. The zero-order valence-electron chi connectivity index (χ0n) is 14.1. The number of anilines is 1. The van der Waals surface area contributed by atoms with E-state index in [0.717, 1.165) is 51.4 Å². The molecule has 0 radical (unpaired) electrons. The van der Waals surface area contributed by atoms with Crippen molar-refractivity contribution in [1.82, 2.24) is 10.2 Å². The van der Waals surface area contributed by atoms with Gasteiger partial charge >= 0.3 is 0 Å². The number of benzene rings is 1. The number of carbonyl (C=O) groups is 1. The van der Waals surface area contributed by atoms with E-state index < -0.39 is 0 Å². The van der Waals surface area contributed by atoms with Crippen LogP contribution >= 0.6 is 0 Å². The lowest BCUT2D eigenvalue weighted by Crippen LogP contribution is -2.47. The molecule has 2 rings (SSSR count). The molecule has 1 aliphatic rings. The molecular weight excluding hydrogens is 293 g/mol. The maximum atomic E-state index is 13.0. The number of piperazine rings is 1. The number of hydrogen-bond acceptors (Lipinski definition) is 3. The average molecular weight is 321 g/mol. The van der Waals surface area contributed by atoms with Gasteiger partial charge in [0.05, 0.1) is 0 Å². The second-order valence-electron chi connectivity index (χ2n) is 6.11. The van der Waals surface area contributed by atoms with E-state index >= 15 is 0 Å². The van der Waals surface area contributed by atoms with Crippen LogP contribution in [0.25, 0.3) is 0 Å². The molecule has 1 saturated heterocycles. The molecule has 23 heavy (non-hydrogen) atoms. The number of hydrogen-bond donors (Lipinski definition) is 1. The van der Waals surface area contributed by atoms with Crippen molar-refractivity contribution < 1.29 is 9.18 Å². The molecule has 1 aliphatic heterocycles. The zero-order chi connectivity index (χ0) is 16.5. The third-order valence-electron chi connectivity index (χ3n) is 4.32.